The quantitative estimate of drug-likeness (QED) is 0.400. The molecule has 2 aliphatic rings. The van der Waals surface area contributed by atoms with E-state index < -0.39 is 0 Å². The van der Waals surface area contributed by atoms with E-state index in [9.17, 15) is 4.79 Å². The maximum Gasteiger partial charge on any atom is 0.278 e. The molecule has 0 saturated carbocycles. The van der Waals surface area contributed by atoms with Crippen molar-refractivity contribution in [3.8, 4) is 17.1 Å². The molecule has 5 rings (SSSR count). The average Bonchev–Trinajstić information content (AvgIpc) is 3.16. The van der Waals surface area contributed by atoms with Crippen molar-refractivity contribution in [1.29, 1.82) is 0 Å². The van der Waals surface area contributed by atoms with Gasteiger partial charge in [0.1, 0.15) is 5.69 Å². The van der Waals surface area contributed by atoms with Crippen LogP contribution < -0.4 is 5.56 Å². The van der Waals surface area contributed by atoms with Crippen molar-refractivity contribution in [3.63, 3.8) is 0 Å². The molecule has 0 atom stereocenters. The summed E-state index contributed by atoms with van der Waals surface area (Å²) in [5, 5.41) is 0. The smallest absolute Gasteiger partial charge is 0.278 e. The van der Waals surface area contributed by atoms with Gasteiger partial charge in [-0.15, -0.1) is 0 Å². The minimum absolute atomic E-state index is 0.0569. The molecule has 4 nitrogen and oxygen atoms in total. The second-order valence-corrected chi connectivity index (χ2v) is 8.08. The summed E-state index contributed by atoms with van der Waals surface area (Å²) >= 11 is 0. The molecular weight excluding hydrogens is 394 g/mol. The predicted molar refractivity (Wildman–Crippen MR) is 129 cm³/mol. The van der Waals surface area contributed by atoms with Crippen LogP contribution in [0.1, 0.15) is 35.0 Å². The molecule has 0 bridgehead atoms. The van der Waals surface area contributed by atoms with Gasteiger partial charge in [0.2, 0.25) is 0 Å². The lowest BCUT2D eigenvalue weighted by atomic mass is 10.1. The number of hydrogen-bond acceptors (Lipinski definition) is 2. The van der Waals surface area contributed by atoms with E-state index >= 15 is 0 Å². The highest BCUT2D eigenvalue weighted by Crippen LogP contribution is 2.24. The summed E-state index contributed by atoms with van der Waals surface area (Å²) in [7, 11) is 0. The molecule has 158 valence electrons. The van der Waals surface area contributed by atoms with E-state index in [2.05, 4.69) is 48.3 Å². The van der Waals surface area contributed by atoms with Gasteiger partial charge in [-0.3, -0.25) is 9.36 Å². The minimum Gasteiger partial charge on any atom is -0.354 e. The molecule has 0 saturated heterocycles. The number of aromatic nitrogens is 3. The fourth-order valence-corrected chi connectivity index (χ4v) is 4.07. The van der Waals surface area contributed by atoms with Crippen LogP contribution in [0, 0.1) is 0 Å². The van der Waals surface area contributed by atoms with E-state index in [1.54, 1.807) is 4.57 Å². The number of aryl methyl sites for hydroxylation is 1. The number of nitrogens with one attached hydrogen (secondary N) is 1. The fourth-order valence-electron chi connectivity index (χ4n) is 4.07. The van der Waals surface area contributed by atoms with Crippen molar-refractivity contribution in [1.82, 2.24) is 14.5 Å². The van der Waals surface area contributed by atoms with Crippen LogP contribution in [0.3, 0.4) is 0 Å². The zero-order valence-electron chi connectivity index (χ0n) is 18.1. The second kappa shape index (κ2) is 8.67. The van der Waals surface area contributed by atoms with Crippen LogP contribution in [0.4, 0.5) is 0 Å². The Morgan fingerprint density at radius 1 is 0.781 bits per heavy atom. The summed E-state index contributed by atoms with van der Waals surface area (Å²) in [6, 6.07) is 28.8. The van der Waals surface area contributed by atoms with Gasteiger partial charge >= 0.3 is 0 Å². The number of imidazole rings is 1. The molecule has 0 aromatic heterocycles. The van der Waals surface area contributed by atoms with Crippen molar-refractivity contribution in [2.45, 2.75) is 26.2 Å². The highest BCUT2D eigenvalue weighted by atomic mass is 16.1. The lowest BCUT2D eigenvalue weighted by molar-refractivity contribution is 0.914. The largest absolute Gasteiger partial charge is 0.354 e. The first-order valence-corrected chi connectivity index (χ1v) is 11.0. The van der Waals surface area contributed by atoms with Crippen molar-refractivity contribution in [2.75, 3.05) is 0 Å². The second-order valence-electron chi connectivity index (χ2n) is 8.08. The van der Waals surface area contributed by atoms with Crippen molar-refractivity contribution < 1.29 is 0 Å². The molecule has 0 radical (unpaired) electrons. The minimum atomic E-state index is -0.0569. The monoisotopic (exact) mass is 419 g/mol. The maximum atomic E-state index is 13.3. The van der Waals surface area contributed by atoms with E-state index in [1.165, 1.54) is 11.1 Å². The van der Waals surface area contributed by atoms with E-state index in [4.69, 9.17) is 4.98 Å². The summed E-state index contributed by atoms with van der Waals surface area (Å²) in [5.41, 5.74) is 6.95. The predicted octanol–water partition coefficient (Wildman–Crippen LogP) is 5.41. The Balaban J connectivity index is 1.63. The molecule has 0 amide bonds. The van der Waals surface area contributed by atoms with Crippen LogP contribution in [-0.4, -0.2) is 14.5 Å². The molecule has 1 N–H and O–H groups in total. The van der Waals surface area contributed by atoms with Gasteiger partial charge in [0.15, 0.2) is 5.82 Å². The topological polar surface area (TPSA) is 50.7 Å². The van der Waals surface area contributed by atoms with Crippen molar-refractivity contribution in [3.05, 3.63) is 130 Å². The van der Waals surface area contributed by atoms with Gasteiger partial charge < -0.3 is 4.98 Å². The van der Waals surface area contributed by atoms with Crippen LogP contribution in [0.15, 0.2) is 95.9 Å². The molecule has 0 unspecified atom stereocenters. The van der Waals surface area contributed by atoms with E-state index in [-0.39, 0.29) is 5.56 Å². The van der Waals surface area contributed by atoms with Crippen LogP contribution in [0.2, 0.25) is 0 Å². The summed E-state index contributed by atoms with van der Waals surface area (Å²) < 4.78 is 1.70. The number of fused-ring (bicyclic) bond motifs is 1. The molecule has 2 aliphatic heterocycles. The third kappa shape index (κ3) is 4.00. The first kappa shape index (κ1) is 20.0. The van der Waals surface area contributed by atoms with Gasteiger partial charge in [-0.2, -0.15) is 0 Å². The summed E-state index contributed by atoms with van der Waals surface area (Å²) in [6.07, 6.45) is 4.07. The molecule has 3 aromatic carbocycles. The molecule has 0 spiro atoms. The lowest BCUT2D eigenvalue weighted by Crippen LogP contribution is -2.17. The standard InChI is InChI=1S/C28H25N3O/c1-2-20-13-15-23(16-14-20)26-19-31-27(24(29-26)17-21-9-5-3-6-10-21)30-25(28(31)32)18-22-11-7-4-8-12-22/h3-16,19,29H,2,17-18H2,1H3. The Bertz CT molecular complexity index is 1350. The SMILES string of the molecule is CCc1ccc(-c2cn3c(=O)c(Cc4ccccc4)nc-3c(Cc3ccccc3)[nH]2)cc1. The average molecular weight is 420 g/mol. The summed E-state index contributed by atoms with van der Waals surface area (Å²) in [6.45, 7) is 2.15. The van der Waals surface area contributed by atoms with E-state index in [0.717, 1.165) is 28.9 Å². The van der Waals surface area contributed by atoms with Gasteiger partial charge in [0.05, 0.1) is 11.4 Å². The fraction of sp³-hybridized carbons (Fsp3) is 0.143. The van der Waals surface area contributed by atoms with Gasteiger partial charge in [0.25, 0.3) is 5.56 Å². The number of rotatable bonds is 6. The zero-order chi connectivity index (χ0) is 21.9. The van der Waals surface area contributed by atoms with Crippen LogP contribution in [0.25, 0.3) is 17.1 Å². The van der Waals surface area contributed by atoms with Gasteiger partial charge in [0, 0.05) is 19.0 Å². The number of aromatic amines is 1. The highest BCUT2D eigenvalue weighted by molar-refractivity contribution is 5.60. The maximum absolute atomic E-state index is 13.3. The first-order valence-electron chi connectivity index (χ1n) is 11.0. The molecule has 2 heterocycles. The molecule has 32 heavy (non-hydrogen) atoms. The van der Waals surface area contributed by atoms with Crippen LogP contribution in [0.5, 0.6) is 0 Å². The Morgan fingerprint density at radius 3 is 2.03 bits per heavy atom. The number of nitrogens with zero attached hydrogens (tertiary/aromatic N) is 2. The normalized spacial score (nSPS) is 11.2. The van der Waals surface area contributed by atoms with Gasteiger partial charge in [-0.25, -0.2) is 4.98 Å². The number of H-pyrrole nitrogens is 1. The van der Waals surface area contributed by atoms with Crippen molar-refractivity contribution >= 4 is 0 Å². The zero-order valence-corrected chi connectivity index (χ0v) is 18.1. The number of benzene rings is 3. The third-order valence-corrected chi connectivity index (χ3v) is 5.86. The van der Waals surface area contributed by atoms with E-state index in [0.29, 0.717) is 24.4 Å². The molecular formula is C28H25N3O. The Labute approximate surface area is 187 Å². The molecule has 3 aromatic rings. The van der Waals surface area contributed by atoms with Crippen molar-refractivity contribution in [2.24, 2.45) is 0 Å². The number of hydrogen-bond donors (Lipinski definition) is 1. The van der Waals surface area contributed by atoms with Crippen LogP contribution in [-0.2, 0) is 19.3 Å². The summed E-state index contributed by atoms with van der Waals surface area (Å²) in [4.78, 5) is 21.7. The first-order chi connectivity index (χ1) is 15.7. The highest BCUT2D eigenvalue weighted by Gasteiger charge is 2.20. The Kier molecular flexibility index (Phi) is 5.42. The third-order valence-electron chi connectivity index (χ3n) is 5.86. The van der Waals surface area contributed by atoms with Crippen LogP contribution >= 0.6 is 0 Å². The molecule has 4 heteroatoms. The molecule has 0 aliphatic carbocycles. The summed E-state index contributed by atoms with van der Waals surface area (Å²) in [5.74, 6) is 0.693. The van der Waals surface area contributed by atoms with E-state index in [1.807, 2.05) is 54.7 Å². The molecule has 0 fully saturated rings. The lowest BCUT2D eigenvalue weighted by Gasteiger charge is -2.13. The Morgan fingerprint density at radius 2 is 1.41 bits per heavy atom. The van der Waals surface area contributed by atoms with Gasteiger partial charge in [-0.1, -0.05) is 91.9 Å². The Hall–Kier alpha value is -3.92. The van der Waals surface area contributed by atoms with Gasteiger partial charge in [-0.05, 0) is 28.7 Å².